The Morgan fingerprint density at radius 2 is 2.05 bits per heavy atom. The van der Waals surface area contributed by atoms with Crippen LogP contribution >= 0.6 is 0 Å². The van der Waals surface area contributed by atoms with Gasteiger partial charge in [0.2, 0.25) is 0 Å². The minimum absolute atomic E-state index is 0.124. The number of nitro groups is 1. The van der Waals surface area contributed by atoms with Crippen LogP contribution in [0, 0.1) is 16.0 Å². The van der Waals surface area contributed by atoms with E-state index < -0.39 is 11.0 Å². The standard InChI is InChI=1S/C14H20N2O5/c1-9(2)7-11(14(17)21-4)15-10-5-6-12(16(18)19)13(8-10)20-3/h5-6,8-9,11,15H,7H2,1-4H3. The van der Waals surface area contributed by atoms with E-state index in [1.165, 1.54) is 32.4 Å². The maximum atomic E-state index is 11.8. The molecule has 7 nitrogen and oxygen atoms in total. The number of hydrogen-bond acceptors (Lipinski definition) is 6. The van der Waals surface area contributed by atoms with Gasteiger partial charge in [0, 0.05) is 17.8 Å². The summed E-state index contributed by atoms with van der Waals surface area (Å²) in [6.45, 7) is 3.99. The molecule has 116 valence electrons. The molecule has 0 saturated heterocycles. The van der Waals surface area contributed by atoms with Crippen LogP contribution < -0.4 is 10.1 Å². The van der Waals surface area contributed by atoms with Crippen LogP contribution in [0.5, 0.6) is 5.75 Å². The number of hydrogen-bond donors (Lipinski definition) is 1. The van der Waals surface area contributed by atoms with E-state index in [1.54, 1.807) is 0 Å². The molecule has 0 amide bonds. The minimum atomic E-state index is -0.519. The fourth-order valence-corrected chi connectivity index (χ4v) is 1.95. The van der Waals surface area contributed by atoms with Gasteiger partial charge in [0.15, 0.2) is 5.75 Å². The molecule has 7 heteroatoms. The number of rotatable bonds is 7. The van der Waals surface area contributed by atoms with Crippen molar-refractivity contribution < 1.29 is 19.2 Å². The van der Waals surface area contributed by atoms with Gasteiger partial charge in [-0.25, -0.2) is 4.79 Å². The molecule has 1 aromatic carbocycles. The molecule has 1 rings (SSSR count). The number of anilines is 1. The smallest absolute Gasteiger partial charge is 0.328 e. The molecule has 1 N–H and O–H groups in total. The maximum Gasteiger partial charge on any atom is 0.328 e. The summed E-state index contributed by atoms with van der Waals surface area (Å²) in [4.78, 5) is 22.1. The third kappa shape index (κ3) is 4.62. The van der Waals surface area contributed by atoms with Gasteiger partial charge in [0.25, 0.3) is 0 Å². The van der Waals surface area contributed by atoms with Crippen molar-refractivity contribution in [2.45, 2.75) is 26.3 Å². The van der Waals surface area contributed by atoms with Gasteiger partial charge in [-0.1, -0.05) is 13.8 Å². The van der Waals surface area contributed by atoms with Crippen molar-refractivity contribution in [2.24, 2.45) is 5.92 Å². The molecule has 1 aromatic rings. The highest BCUT2D eigenvalue weighted by atomic mass is 16.6. The molecule has 0 aliphatic carbocycles. The predicted molar refractivity (Wildman–Crippen MR) is 78.5 cm³/mol. The monoisotopic (exact) mass is 296 g/mol. The third-order valence-corrected chi connectivity index (χ3v) is 2.91. The van der Waals surface area contributed by atoms with Crippen LogP contribution in [0.2, 0.25) is 0 Å². The van der Waals surface area contributed by atoms with Crippen LogP contribution in [0.3, 0.4) is 0 Å². The van der Waals surface area contributed by atoms with Crippen LogP contribution in [0.15, 0.2) is 18.2 Å². The van der Waals surface area contributed by atoms with E-state index >= 15 is 0 Å². The number of nitrogens with zero attached hydrogens (tertiary/aromatic N) is 1. The fourth-order valence-electron chi connectivity index (χ4n) is 1.95. The van der Waals surface area contributed by atoms with Gasteiger partial charge in [0.05, 0.1) is 19.1 Å². The number of carbonyl (C=O) groups is 1. The van der Waals surface area contributed by atoms with Gasteiger partial charge in [-0.3, -0.25) is 10.1 Å². The molecule has 0 aromatic heterocycles. The number of nitro benzene ring substituents is 1. The minimum Gasteiger partial charge on any atom is -0.490 e. The molecule has 1 unspecified atom stereocenters. The van der Waals surface area contributed by atoms with Gasteiger partial charge in [-0.15, -0.1) is 0 Å². The zero-order valence-corrected chi connectivity index (χ0v) is 12.6. The highest BCUT2D eigenvalue weighted by molar-refractivity contribution is 5.79. The van der Waals surface area contributed by atoms with Crippen molar-refractivity contribution in [3.8, 4) is 5.75 Å². The fraction of sp³-hybridized carbons (Fsp3) is 0.500. The summed E-state index contributed by atoms with van der Waals surface area (Å²) >= 11 is 0. The molecule has 0 aliphatic rings. The Hall–Kier alpha value is -2.31. The lowest BCUT2D eigenvalue weighted by atomic mass is 10.0. The Balaban J connectivity index is 2.98. The summed E-state index contributed by atoms with van der Waals surface area (Å²) in [6.07, 6.45) is 0.589. The summed E-state index contributed by atoms with van der Waals surface area (Å²) in [6, 6.07) is 3.86. The molecule has 0 aliphatic heterocycles. The summed E-state index contributed by atoms with van der Waals surface area (Å²) in [5.41, 5.74) is 0.440. The molecular weight excluding hydrogens is 276 g/mol. The van der Waals surface area contributed by atoms with Gasteiger partial charge >= 0.3 is 11.7 Å². The van der Waals surface area contributed by atoms with Crippen molar-refractivity contribution in [1.82, 2.24) is 0 Å². The molecule has 0 saturated carbocycles. The Morgan fingerprint density at radius 3 is 2.52 bits per heavy atom. The van der Waals surface area contributed by atoms with Crippen LogP contribution in [0.4, 0.5) is 11.4 Å². The van der Waals surface area contributed by atoms with Crippen LogP contribution in [0.25, 0.3) is 0 Å². The SMILES string of the molecule is COC(=O)C(CC(C)C)Nc1ccc([N+](=O)[O-])c(OC)c1. The highest BCUT2D eigenvalue weighted by Crippen LogP contribution is 2.30. The lowest BCUT2D eigenvalue weighted by Gasteiger charge is -2.19. The van der Waals surface area contributed by atoms with E-state index in [-0.39, 0.29) is 17.4 Å². The summed E-state index contributed by atoms with van der Waals surface area (Å²) in [5, 5.41) is 13.9. The second-order valence-electron chi connectivity index (χ2n) is 4.99. The number of methoxy groups -OCH3 is 2. The second kappa shape index (κ2) is 7.47. The lowest BCUT2D eigenvalue weighted by molar-refractivity contribution is -0.385. The van der Waals surface area contributed by atoms with Crippen molar-refractivity contribution in [3.05, 3.63) is 28.3 Å². The highest BCUT2D eigenvalue weighted by Gasteiger charge is 2.22. The lowest BCUT2D eigenvalue weighted by Crippen LogP contribution is -2.32. The van der Waals surface area contributed by atoms with Crippen LogP contribution in [0.1, 0.15) is 20.3 Å². The first-order chi connectivity index (χ1) is 9.88. The quantitative estimate of drug-likeness (QED) is 0.472. The third-order valence-electron chi connectivity index (χ3n) is 2.91. The first-order valence-electron chi connectivity index (χ1n) is 6.55. The number of nitrogens with one attached hydrogen (secondary N) is 1. The average Bonchev–Trinajstić information content (AvgIpc) is 2.44. The molecule has 0 heterocycles. The van der Waals surface area contributed by atoms with E-state index in [9.17, 15) is 14.9 Å². The van der Waals surface area contributed by atoms with E-state index in [4.69, 9.17) is 9.47 Å². The van der Waals surface area contributed by atoms with Gasteiger partial charge in [0.1, 0.15) is 6.04 Å². The molecule has 0 bridgehead atoms. The van der Waals surface area contributed by atoms with Gasteiger partial charge in [-0.05, 0) is 18.4 Å². The van der Waals surface area contributed by atoms with Gasteiger partial charge in [-0.2, -0.15) is 0 Å². The average molecular weight is 296 g/mol. The Bertz CT molecular complexity index is 516. The molecule has 0 radical (unpaired) electrons. The van der Waals surface area contributed by atoms with Gasteiger partial charge < -0.3 is 14.8 Å². The molecule has 0 fully saturated rings. The summed E-state index contributed by atoms with van der Waals surface area (Å²) < 4.78 is 9.76. The first-order valence-corrected chi connectivity index (χ1v) is 6.55. The molecule has 21 heavy (non-hydrogen) atoms. The number of benzene rings is 1. The predicted octanol–water partition coefficient (Wildman–Crippen LogP) is 2.60. The largest absolute Gasteiger partial charge is 0.490 e. The van der Waals surface area contributed by atoms with E-state index in [0.29, 0.717) is 18.0 Å². The second-order valence-corrected chi connectivity index (χ2v) is 4.99. The van der Waals surface area contributed by atoms with E-state index in [2.05, 4.69) is 5.32 Å². The molecule has 0 spiro atoms. The molecule has 1 atom stereocenters. The van der Waals surface area contributed by atoms with Crippen LogP contribution in [-0.2, 0) is 9.53 Å². The van der Waals surface area contributed by atoms with Crippen LogP contribution in [-0.4, -0.2) is 31.2 Å². The summed E-state index contributed by atoms with van der Waals surface area (Å²) in [7, 11) is 2.69. The molecular formula is C14H20N2O5. The normalized spacial score (nSPS) is 11.9. The summed E-state index contributed by atoms with van der Waals surface area (Å²) in [5.74, 6) is 0.0562. The zero-order valence-electron chi connectivity index (χ0n) is 12.6. The van der Waals surface area contributed by atoms with Crippen molar-refractivity contribution >= 4 is 17.3 Å². The first kappa shape index (κ1) is 16.7. The number of ether oxygens (including phenoxy) is 2. The maximum absolute atomic E-state index is 11.8. The topological polar surface area (TPSA) is 90.7 Å². The van der Waals surface area contributed by atoms with Crippen molar-refractivity contribution in [1.29, 1.82) is 0 Å². The van der Waals surface area contributed by atoms with E-state index in [0.717, 1.165) is 0 Å². The number of esters is 1. The number of carbonyl (C=O) groups excluding carboxylic acids is 1. The van der Waals surface area contributed by atoms with E-state index in [1.807, 2.05) is 13.8 Å². The Morgan fingerprint density at radius 1 is 1.38 bits per heavy atom. The van der Waals surface area contributed by atoms with Crippen molar-refractivity contribution in [3.63, 3.8) is 0 Å². The van der Waals surface area contributed by atoms with Crippen molar-refractivity contribution in [2.75, 3.05) is 19.5 Å². The Kier molecular flexibility index (Phi) is 5.95. The zero-order chi connectivity index (χ0) is 16.0. The Labute approximate surface area is 123 Å².